The third kappa shape index (κ3) is 2.95. The lowest BCUT2D eigenvalue weighted by molar-refractivity contribution is -0.114. The van der Waals surface area contributed by atoms with Gasteiger partial charge >= 0.3 is 5.97 Å². The van der Waals surface area contributed by atoms with Gasteiger partial charge in [-0.2, -0.15) is 0 Å². The number of anilines is 1. The first-order valence-corrected chi connectivity index (χ1v) is 7.06. The second-order valence-corrected chi connectivity index (χ2v) is 5.04. The van der Waals surface area contributed by atoms with Crippen molar-refractivity contribution in [3.8, 4) is 0 Å². The lowest BCUT2D eigenvalue weighted by Crippen LogP contribution is -2.37. The van der Waals surface area contributed by atoms with Gasteiger partial charge < -0.3 is 16.0 Å². The highest BCUT2D eigenvalue weighted by Crippen LogP contribution is 2.23. The summed E-state index contributed by atoms with van der Waals surface area (Å²) in [6.45, 7) is 0. The van der Waals surface area contributed by atoms with E-state index in [1.165, 1.54) is 18.3 Å². The number of hydrazine groups is 1. The quantitative estimate of drug-likeness (QED) is 0.387. The number of imide groups is 1. The number of carboxylic acid groups (broad SMARTS) is 1. The molecule has 120 valence electrons. The van der Waals surface area contributed by atoms with Gasteiger partial charge in [-0.3, -0.25) is 14.9 Å². The van der Waals surface area contributed by atoms with E-state index in [0.29, 0.717) is 22.4 Å². The average Bonchev–Trinajstić information content (AvgIpc) is 2.58. The first kappa shape index (κ1) is 15.3. The highest BCUT2D eigenvalue weighted by atomic mass is 16.4. The molecule has 1 aliphatic heterocycles. The fourth-order valence-corrected chi connectivity index (χ4v) is 2.34. The van der Waals surface area contributed by atoms with Crippen LogP contribution in [0.3, 0.4) is 0 Å². The number of benzene rings is 2. The molecule has 0 aromatic heterocycles. The van der Waals surface area contributed by atoms with Crippen molar-refractivity contribution in [2.75, 3.05) is 5.43 Å². The molecule has 0 unspecified atom stereocenters. The molecule has 24 heavy (non-hydrogen) atoms. The molecule has 1 heterocycles. The van der Waals surface area contributed by atoms with Crippen LogP contribution in [0.5, 0.6) is 0 Å². The van der Waals surface area contributed by atoms with Gasteiger partial charge in [0, 0.05) is 17.3 Å². The van der Waals surface area contributed by atoms with Gasteiger partial charge in [-0.25, -0.2) is 4.79 Å². The third-order valence-corrected chi connectivity index (χ3v) is 3.48. The Bertz CT molecular complexity index is 874. The van der Waals surface area contributed by atoms with Gasteiger partial charge in [-0.15, -0.1) is 0 Å². The van der Waals surface area contributed by atoms with E-state index in [2.05, 4.69) is 16.2 Å². The third-order valence-electron chi connectivity index (χ3n) is 3.48. The predicted molar refractivity (Wildman–Crippen MR) is 87.1 cm³/mol. The minimum absolute atomic E-state index is 0.140. The standard InChI is InChI=1S/C17H13N3O4/c21-15-13-7-2-1-6-12(13)14(16(22)19-15)9-18-20-11-5-3-4-10(8-11)17(23)24/h1-9,18,20H,(H,23,24)(H,19,21,22). The van der Waals surface area contributed by atoms with Crippen LogP contribution in [0.2, 0.25) is 0 Å². The number of carboxylic acids is 1. The largest absolute Gasteiger partial charge is 0.478 e. The van der Waals surface area contributed by atoms with Crippen molar-refractivity contribution in [1.82, 2.24) is 10.7 Å². The molecule has 0 radical (unpaired) electrons. The highest BCUT2D eigenvalue weighted by molar-refractivity contribution is 6.30. The van der Waals surface area contributed by atoms with Crippen LogP contribution in [-0.4, -0.2) is 22.9 Å². The fourth-order valence-electron chi connectivity index (χ4n) is 2.34. The number of carbonyl (C=O) groups is 3. The van der Waals surface area contributed by atoms with Gasteiger partial charge in [-0.1, -0.05) is 24.3 Å². The zero-order valence-electron chi connectivity index (χ0n) is 12.4. The Morgan fingerprint density at radius 1 is 1.00 bits per heavy atom. The molecule has 2 aromatic rings. The van der Waals surface area contributed by atoms with E-state index >= 15 is 0 Å². The summed E-state index contributed by atoms with van der Waals surface area (Å²) in [6, 6.07) is 13.0. The van der Waals surface area contributed by atoms with Crippen molar-refractivity contribution in [2.24, 2.45) is 0 Å². The Morgan fingerprint density at radius 3 is 2.50 bits per heavy atom. The highest BCUT2D eigenvalue weighted by Gasteiger charge is 2.26. The van der Waals surface area contributed by atoms with Crippen molar-refractivity contribution in [3.63, 3.8) is 0 Å². The van der Waals surface area contributed by atoms with E-state index in [1.807, 2.05) is 0 Å². The van der Waals surface area contributed by atoms with Crippen LogP contribution in [0, 0.1) is 0 Å². The van der Waals surface area contributed by atoms with Crippen LogP contribution in [0.4, 0.5) is 5.69 Å². The number of nitrogens with one attached hydrogen (secondary N) is 3. The Hall–Kier alpha value is -3.61. The number of carbonyl (C=O) groups excluding carboxylic acids is 2. The van der Waals surface area contributed by atoms with Gasteiger partial charge in [0.1, 0.15) is 0 Å². The average molecular weight is 323 g/mol. The van der Waals surface area contributed by atoms with Crippen molar-refractivity contribution < 1.29 is 19.5 Å². The van der Waals surface area contributed by atoms with Gasteiger partial charge in [0.2, 0.25) is 0 Å². The van der Waals surface area contributed by atoms with Gasteiger partial charge in [0.25, 0.3) is 11.8 Å². The molecule has 3 rings (SSSR count). The molecular weight excluding hydrogens is 310 g/mol. The van der Waals surface area contributed by atoms with Crippen LogP contribution in [-0.2, 0) is 4.79 Å². The maximum absolute atomic E-state index is 12.0. The number of rotatable bonds is 4. The molecule has 0 saturated carbocycles. The monoisotopic (exact) mass is 323 g/mol. The molecule has 1 aliphatic rings. The summed E-state index contributed by atoms with van der Waals surface area (Å²) in [5.74, 6) is -1.97. The summed E-state index contributed by atoms with van der Waals surface area (Å²) in [5, 5.41) is 11.2. The molecule has 0 bridgehead atoms. The van der Waals surface area contributed by atoms with E-state index < -0.39 is 17.8 Å². The number of fused-ring (bicyclic) bond motifs is 1. The van der Waals surface area contributed by atoms with Crippen LogP contribution in [0.15, 0.2) is 54.7 Å². The summed E-state index contributed by atoms with van der Waals surface area (Å²) >= 11 is 0. The Balaban J connectivity index is 1.81. The van der Waals surface area contributed by atoms with Crippen LogP contribution in [0.25, 0.3) is 5.57 Å². The number of aromatic carboxylic acids is 1. The molecule has 2 aromatic carbocycles. The SMILES string of the molecule is O=C1NC(=O)c2ccccc2C1=CNNc1cccc(C(=O)O)c1. The second-order valence-electron chi connectivity index (χ2n) is 5.04. The lowest BCUT2D eigenvalue weighted by atomic mass is 9.96. The smallest absolute Gasteiger partial charge is 0.335 e. The molecule has 2 amide bonds. The van der Waals surface area contributed by atoms with Crippen molar-refractivity contribution >= 4 is 29.0 Å². The zero-order chi connectivity index (χ0) is 17.1. The minimum Gasteiger partial charge on any atom is -0.478 e. The molecule has 0 spiro atoms. The van der Waals surface area contributed by atoms with E-state index in [1.54, 1.807) is 36.4 Å². The van der Waals surface area contributed by atoms with Crippen molar-refractivity contribution in [1.29, 1.82) is 0 Å². The predicted octanol–water partition coefficient (Wildman–Crippen LogP) is 1.61. The summed E-state index contributed by atoms with van der Waals surface area (Å²) in [4.78, 5) is 34.7. The molecule has 0 atom stereocenters. The lowest BCUT2D eigenvalue weighted by Gasteiger charge is -2.18. The Kier molecular flexibility index (Phi) is 3.98. The van der Waals surface area contributed by atoms with Gasteiger partial charge in [0.05, 0.1) is 16.8 Å². The molecule has 7 nitrogen and oxygen atoms in total. The molecule has 0 fully saturated rings. The normalized spacial score (nSPS) is 14.8. The molecule has 0 aliphatic carbocycles. The van der Waals surface area contributed by atoms with Crippen LogP contribution >= 0.6 is 0 Å². The summed E-state index contributed by atoms with van der Waals surface area (Å²) < 4.78 is 0. The van der Waals surface area contributed by atoms with Gasteiger partial charge in [-0.05, 0) is 24.3 Å². The van der Waals surface area contributed by atoms with E-state index in [0.717, 1.165) is 0 Å². The molecular formula is C17H13N3O4. The van der Waals surface area contributed by atoms with Gasteiger partial charge in [0.15, 0.2) is 0 Å². The van der Waals surface area contributed by atoms with Crippen molar-refractivity contribution in [2.45, 2.75) is 0 Å². The minimum atomic E-state index is -1.03. The Morgan fingerprint density at radius 2 is 1.75 bits per heavy atom. The van der Waals surface area contributed by atoms with E-state index in [9.17, 15) is 14.4 Å². The maximum atomic E-state index is 12.0. The summed E-state index contributed by atoms with van der Waals surface area (Å²) in [6.07, 6.45) is 1.42. The first-order valence-electron chi connectivity index (χ1n) is 7.06. The van der Waals surface area contributed by atoms with E-state index in [4.69, 9.17) is 5.11 Å². The molecule has 7 heteroatoms. The number of hydrogen-bond acceptors (Lipinski definition) is 5. The van der Waals surface area contributed by atoms with Crippen LogP contribution in [0.1, 0.15) is 26.3 Å². The van der Waals surface area contributed by atoms with Crippen molar-refractivity contribution in [3.05, 3.63) is 71.4 Å². The van der Waals surface area contributed by atoms with E-state index in [-0.39, 0.29) is 5.56 Å². The summed E-state index contributed by atoms with van der Waals surface area (Å²) in [7, 11) is 0. The van der Waals surface area contributed by atoms with Crippen LogP contribution < -0.4 is 16.2 Å². The topological polar surface area (TPSA) is 108 Å². The number of amides is 2. The first-order chi connectivity index (χ1) is 11.6. The second kappa shape index (κ2) is 6.25. The number of hydrogen-bond donors (Lipinski definition) is 4. The zero-order valence-corrected chi connectivity index (χ0v) is 12.4. The Labute approximate surface area is 137 Å². The molecule has 0 saturated heterocycles. The maximum Gasteiger partial charge on any atom is 0.335 e. The fraction of sp³-hybridized carbons (Fsp3) is 0. The molecule has 4 N–H and O–H groups in total. The summed E-state index contributed by atoms with van der Waals surface area (Å²) in [5.41, 5.74) is 7.44.